The van der Waals surface area contributed by atoms with Crippen LogP contribution >= 0.6 is 11.6 Å². The molecule has 0 saturated carbocycles. The average Bonchev–Trinajstić information content (AvgIpc) is 2.71. The van der Waals surface area contributed by atoms with E-state index in [1.54, 1.807) is 6.92 Å². The minimum atomic E-state index is -3.98. The van der Waals surface area contributed by atoms with Gasteiger partial charge in [0.05, 0.1) is 48.5 Å². The third-order valence-corrected chi connectivity index (χ3v) is 6.08. The summed E-state index contributed by atoms with van der Waals surface area (Å²) in [7, 11) is -1.10. The Labute approximate surface area is 175 Å². The van der Waals surface area contributed by atoms with Crippen molar-refractivity contribution in [2.24, 2.45) is 0 Å². The summed E-state index contributed by atoms with van der Waals surface area (Å²) in [5.41, 5.74) is 0.428. The summed E-state index contributed by atoms with van der Waals surface area (Å²) in [5.74, 6) is 0.105. The quantitative estimate of drug-likeness (QED) is 0.435. The van der Waals surface area contributed by atoms with E-state index in [9.17, 15) is 13.2 Å². The SMILES string of the molecule is C=CCN(c1ccc(C(=O)OCC)c(Cl)c1)S(=O)(=O)c1ccc(OC)c(OC)c1. The zero-order chi connectivity index (χ0) is 21.6. The Morgan fingerprint density at radius 1 is 1.14 bits per heavy atom. The average molecular weight is 440 g/mol. The molecule has 0 aliphatic heterocycles. The summed E-state index contributed by atoms with van der Waals surface area (Å²) in [5, 5.41) is 0.0810. The Balaban J connectivity index is 2.51. The van der Waals surface area contributed by atoms with Gasteiger partial charge in [0.15, 0.2) is 11.5 Å². The molecule has 0 fully saturated rings. The van der Waals surface area contributed by atoms with Crippen molar-refractivity contribution in [3.05, 3.63) is 59.6 Å². The van der Waals surface area contributed by atoms with E-state index in [4.69, 9.17) is 25.8 Å². The first kappa shape index (κ1) is 22.6. The van der Waals surface area contributed by atoms with Crippen LogP contribution in [0.2, 0.25) is 5.02 Å². The summed E-state index contributed by atoms with van der Waals surface area (Å²) in [4.78, 5) is 11.9. The molecule has 0 saturated heterocycles. The van der Waals surface area contributed by atoms with Gasteiger partial charge in [-0.1, -0.05) is 17.7 Å². The zero-order valence-electron chi connectivity index (χ0n) is 16.3. The van der Waals surface area contributed by atoms with E-state index in [-0.39, 0.29) is 40.1 Å². The lowest BCUT2D eigenvalue weighted by Crippen LogP contribution is -2.31. The lowest BCUT2D eigenvalue weighted by atomic mass is 10.2. The van der Waals surface area contributed by atoms with Gasteiger partial charge in [-0.3, -0.25) is 4.31 Å². The van der Waals surface area contributed by atoms with Gasteiger partial charge in [-0.05, 0) is 37.3 Å². The molecule has 0 N–H and O–H groups in total. The van der Waals surface area contributed by atoms with E-state index in [2.05, 4.69) is 6.58 Å². The topological polar surface area (TPSA) is 82.1 Å². The van der Waals surface area contributed by atoms with Gasteiger partial charge in [-0.2, -0.15) is 0 Å². The molecule has 0 radical (unpaired) electrons. The van der Waals surface area contributed by atoms with Crippen molar-refractivity contribution in [2.75, 3.05) is 31.7 Å². The number of halogens is 1. The normalized spacial score (nSPS) is 10.9. The molecule has 2 aromatic rings. The summed E-state index contributed by atoms with van der Waals surface area (Å²) in [6, 6.07) is 8.61. The van der Waals surface area contributed by atoms with Gasteiger partial charge < -0.3 is 14.2 Å². The van der Waals surface area contributed by atoms with Crippen LogP contribution in [-0.4, -0.2) is 41.8 Å². The summed E-state index contributed by atoms with van der Waals surface area (Å²) >= 11 is 6.20. The minimum Gasteiger partial charge on any atom is -0.493 e. The van der Waals surface area contributed by atoms with E-state index >= 15 is 0 Å². The van der Waals surface area contributed by atoms with Crippen LogP contribution in [0, 0.1) is 0 Å². The standard InChI is InChI=1S/C20H22ClNO6S/c1-5-11-22(14-7-9-16(17(21)12-14)20(23)28-6-2)29(24,25)15-8-10-18(26-3)19(13-15)27-4/h5,7-10,12-13H,1,6,11H2,2-4H3. The Morgan fingerprint density at radius 3 is 2.38 bits per heavy atom. The first-order chi connectivity index (χ1) is 13.8. The number of ether oxygens (including phenoxy) is 3. The highest BCUT2D eigenvalue weighted by atomic mass is 35.5. The number of benzene rings is 2. The van der Waals surface area contributed by atoms with E-state index in [0.29, 0.717) is 5.75 Å². The molecule has 0 heterocycles. The van der Waals surface area contributed by atoms with Crippen LogP contribution in [0.1, 0.15) is 17.3 Å². The third-order valence-electron chi connectivity index (χ3n) is 3.97. The molecular formula is C20H22ClNO6S. The van der Waals surface area contributed by atoms with Crippen LogP contribution in [0.25, 0.3) is 0 Å². The van der Waals surface area contributed by atoms with Crippen molar-refractivity contribution in [2.45, 2.75) is 11.8 Å². The van der Waals surface area contributed by atoms with Crippen molar-refractivity contribution in [1.82, 2.24) is 0 Å². The first-order valence-electron chi connectivity index (χ1n) is 8.62. The van der Waals surface area contributed by atoms with Gasteiger partial charge in [0.1, 0.15) is 0 Å². The van der Waals surface area contributed by atoms with Crippen molar-refractivity contribution in [3.8, 4) is 11.5 Å². The van der Waals surface area contributed by atoms with Crippen molar-refractivity contribution >= 4 is 33.3 Å². The number of esters is 1. The van der Waals surface area contributed by atoms with Gasteiger partial charge >= 0.3 is 5.97 Å². The molecule has 2 rings (SSSR count). The molecule has 2 aromatic carbocycles. The van der Waals surface area contributed by atoms with Crippen LogP contribution in [0.15, 0.2) is 53.9 Å². The van der Waals surface area contributed by atoms with Crippen LogP contribution < -0.4 is 13.8 Å². The van der Waals surface area contributed by atoms with Crippen LogP contribution in [0.4, 0.5) is 5.69 Å². The number of hydrogen-bond acceptors (Lipinski definition) is 6. The largest absolute Gasteiger partial charge is 0.493 e. The van der Waals surface area contributed by atoms with Gasteiger partial charge in [-0.15, -0.1) is 6.58 Å². The first-order valence-corrected chi connectivity index (χ1v) is 10.4. The van der Waals surface area contributed by atoms with Gasteiger partial charge in [0.25, 0.3) is 10.0 Å². The molecule has 29 heavy (non-hydrogen) atoms. The molecule has 156 valence electrons. The van der Waals surface area contributed by atoms with Crippen molar-refractivity contribution in [1.29, 1.82) is 0 Å². The number of anilines is 1. The molecule has 0 unspecified atom stereocenters. The Hall–Kier alpha value is -2.71. The summed E-state index contributed by atoms with van der Waals surface area (Å²) in [6.45, 7) is 5.50. The molecule has 7 nitrogen and oxygen atoms in total. The molecular weight excluding hydrogens is 418 g/mol. The van der Waals surface area contributed by atoms with Crippen molar-refractivity contribution in [3.63, 3.8) is 0 Å². The monoisotopic (exact) mass is 439 g/mol. The number of methoxy groups -OCH3 is 2. The molecule has 0 bridgehead atoms. The summed E-state index contributed by atoms with van der Waals surface area (Å²) in [6.07, 6.45) is 1.45. The highest BCUT2D eigenvalue weighted by Crippen LogP contribution is 2.33. The van der Waals surface area contributed by atoms with Crippen LogP contribution in [0.5, 0.6) is 11.5 Å². The Kier molecular flexibility index (Phi) is 7.53. The second-order valence-corrected chi connectivity index (χ2v) is 8.00. The Bertz CT molecular complexity index is 1010. The van der Waals surface area contributed by atoms with E-state index < -0.39 is 16.0 Å². The molecule has 0 aromatic heterocycles. The predicted octanol–water partition coefficient (Wildman–Crippen LogP) is 3.92. The second-order valence-electron chi connectivity index (χ2n) is 5.73. The number of rotatable bonds is 9. The van der Waals surface area contributed by atoms with E-state index in [1.165, 1.54) is 56.7 Å². The maximum atomic E-state index is 13.3. The fourth-order valence-electron chi connectivity index (χ4n) is 2.60. The maximum absolute atomic E-state index is 13.3. The van der Waals surface area contributed by atoms with Gasteiger partial charge in [0.2, 0.25) is 0 Å². The fourth-order valence-corrected chi connectivity index (χ4v) is 4.29. The predicted molar refractivity (Wildman–Crippen MR) is 112 cm³/mol. The van der Waals surface area contributed by atoms with Crippen LogP contribution in [0.3, 0.4) is 0 Å². The van der Waals surface area contributed by atoms with E-state index in [0.717, 1.165) is 4.31 Å². The number of sulfonamides is 1. The van der Waals surface area contributed by atoms with Crippen molar-refractivity contribution < 1.29 is 27.4 Å². The Morgan fingerprint density at radius 2 is 1.83 bits per heavy atom. The zero-order valence-corrected chi connectivity index (χ0v) is 17.9. The second kappa shape index (κ2) is 9.67. The molecule has 0 atom stereocenters. The lowest BCUT2D eigenvalue weighted by molar-refractivity contribution is 0.0526. The smallest absolute Gasteiger partial charge is 0.339 e. The highest BCUT2D eigenvalue weighted by molar-refractivity contribution is 7.92. The molecule has 0 aliphatic carbocycles. The molecule has 0 spiro atoms. The highest BCUT2D eigenvalue weighted by Gasteiger charge is 2.26. The number of carbonyl (C=O) groups excluding carboxylic acids is 1. The lowest BCUT2D eigenvalue weighted by Gasteiger charge is -2.24. The number of nitrogens with zero attached hydrogens (tertiary/aromatic N) is 1. The number of carbonyl (C=O) groups is 1. The summed E-state index contributed by atoms with van der Waals surface area (Å²) < 4.78 is 43.0. The van der Waals surface area contributed by atoms with Gasteiger partial charge in [-0.25, -0.2) is 13.2 Å². The van der Waals surface area contributed by atoms with Crippen LogP contribution in [-0.2, 0) is 14.8 Å². The molecule has 0 aliphatic rings. The van der Waals surface area contributed by atoms with Gasteiger partial charge in [0, 0.05) is 6.07 Å². The fraction of sp³-hybridized carbons (Fsp3) is 0.250. The maximum Gasteiger partial charge on any atom is 0.339 e. The number of hydrogen-bond donors (Lipinski definition) is 0. The molecule has 0 amide bonds. The molecule has 9 heteroatoms. The van der Waals surface area contributed by atoms with E-state index in [1.807, 2.05) is 0 Å². The minimum absolute atomic E-state index is 0.00240. The third kappa shape index (κ3) is 4.83.